The normalized spacial score (nSPS) is 11.0. The van der Waals surface area contributed by atoms with E-state index < -0.39 is 0 Å². The summed E-state index contributed by atoms with van der Waals surface area (Å²) < 4.78 is 0. The second-order valence-corrected chi connectivity index (χ2v) is 6.58. The Balaban J connectivity index is 1.55. The van der Waals surface area contributed by atoms with Gasteiger partial charge in [-0.15, -0.1) is 11.8 Å². The van der Waals surface area contributed by atoms with E-state index in [-0.39, 0.29) is 0 Å². The number of fused-ring (bicyclic) bond motifs is 1. The molecule has 0 aliphatic heterocycles. The molecule has 0 saturated heterocycles. The number of hydrogen-bond acceptors (Lipinski definition) is 4. The maximum absolute atomic E-state index is 5.76. The first-order valence-corrected chi connectivity index (χ1v) is 8.34. The molecule has 0 spiro atoms. The first kappa shape index (κ1) is 13.4. The molecule has 0 bridgehead atoms. The molecule has 20 heavy (non-hydrogen) atoms. The highest BCUT2D eigenvalue weighted by Gasteiger charge is 2.03. The van der Waals surface area contributed by atoms with E-state index in [1.165, 1.54) is 4.90 Å². The minimum atomic E-state index is 0.761. The Morgan fingerprint density at radius 2 is 1.80 bits per heavy atom. The SMILES string of the molecule is Nc1ccc2nc(SCCSc3ccccc3)[nH]c2c1. The lowest BCUT2D eigenvalue weighted by atomic mass is 10.3. The van der Waals surface area contributed by atoms with Crippen molar-refractivity contribution in [3.8, 4) is 0 Å². The number of aromatic nitrogens is 2. The average molecular weight is 301 g/mol. The number of nitrogen functional groups attached to an aromatic ring is 1. The van der Waals surface area contributed by atoms with Crippen molar-refractivity contribution >= 4 is 40.2 Å². The van der Waals surface area contributed by atoms with Crippen LogP contribution in [0.3, 0.4) is 0 Å². The Morgan fingerprint density at radius 3 is 2.65 bits per heavy atom. The summed E-state index contributed by atoms with van der Waals surface area (Å²) in [5.41, 5.74) is 8.50. The molecule has 3 rings (SSSR count). The molecule has 0 fully saturated rings. The molecule has 5 heteroatoms. The minimum absolute atomic E-state index is 0.761. The summed E-state index contributed by atoms with van der Waals surface area (Å²) in [6.45, 7) is 0. The summed E-state index contributed by atoms with van der Waals surface area (Å²) in [5, 5.41) is 0.958. The van der Waals surface area contributed by atoms with Gasteiger partial charge in [0.15, 0.2) is 5.16 Å². The van der Waals surface area contributed by atoms with Crippen molar-refractivity contribution in [3.05, 3.63) is 48.5 Å². The molecule has 0 radical (unpaired) electrons. The maximum Gasteiger partial charge on any atom is 0.166 e. The van der Waals surface area contributed by atoms with E-state index in [0.717, 1.165) is 33.4 Å². The van der Waals surface area contributed by atoms with Crippen LogP contribution in [0.15, 0.2) is 58.6 Å². The fourth-order valence-corrected chi connectivity index (χ4v) is 3.68. The summed E-state index contributed by atoms with van der Waals surface area (Å²) in [6.07, 6.45) is 0. The molecule has 1 heterocycles. The predicted molar refractivity (Wildman–Crippen MR) is 88.4 cm³/mol. The van der Waals surface area contributed by atoms with Crippen LogP contribution < -0.4 is 5.73 Å². The summed E-state index contributed by atoms with van der Waals surface area (Å²) in [7, 11) is 0. The van der Waals surface area contributed by atoms with E-state index >= 15 is 0 Å². The van der Waals surface area contributed by atoms with Crippen molar-refractivity contribution in [2.45, 2.75) is 10.1 Å². The van der Waals surface area contributed by atoms with Crippen LogP contribution in [0.4, 0.5) is 5.69 Å². The molecule has 1 aromatic heterocycles. The maximum atomic E-state index is 5.76. The number of rotatable bonds is 5. The van der Waals surface area contributed by atoms with Gasteiger partial charge in [0.05, 0.1) is 11.0 Å². The third-order valence-corrected chi connectivity index (χ3v) is 4.97. The molecule has 0 unspecified atom stereocenters. The van der Waals surface area contributed by atoms with Crippen LogP contribution >= 0.6 is 23.5 Å². The van der Waals surface area contributed by atoms with Crippen molar-refractivity contribution < 1.29 is 0 Å². The van der Waals surface area contributed by atoms with Crippen molar-refractivity contribution in [1.82, 2.24) is 9.97 Å². The van der Waals surface area contributed by atoms with Crippen LogP contribution in [0.2, 0.25) is 0 Å². The zero-order valence-electron chi connectivity index (χ0n) is 10.9. The van der Waals surface area contributed by atoms with Crippen LogP contribution in [0.25, 0.3) is 11.0 Å². The highest BCUT2D eigenvalue weighted by atomic mass is 32.2. The lowest BCUT2D eigenvalue weighted by Gasteiger charge is -1.99. The van der Waals surface area contributed by atoms with Crippen LogP contribution in [0.1, 0.15) is 0 Å². The highest BCUT2D eigenvalue weighted by molar-refractivity contribution is 8.02. The van der Waals surface area contributed by atoms with Crippen molar-refractivity contribution in [2.24, 2.45) is 0 Å². The zero-order valence-corrected chi connectivity index (χ0v) is 12.5. The Bertz CT molecular complexity index is 695. The van der Waals surface area contributed by atoms with Gasteiger partial charge in [0, 0.05) is 22.1 Å². The lowest BCUT2D eigenvalue weighted by Crippen LogP contribution is -1.85. The topological polar surface area (TPSA) is 54.7 Å². The van der Waals surface area contributed by atoms with Crippen molar-refractivity contribution in [2.75, 3.05) is 17.2 Å². The van der Waals surface area contributed by atoms with Gasteiger partial charge in [0.2, 0.25) is 0 Å². The van der Waals surface area contributed by atoms with Gasteiger partial charge in [-0.1, -0.05) is 30.0 Å². The second-order valence-electron chi connectivity index (χ2n) is 4.33. The van der Waals surface area contributed by atoms with Gasteiger partial charge in [0.25, 0.3) is 0 Å². The molecule has 2 aromatic carbocycles. The van der Waals surface area contributed by atoms with E-state index in [0.29, 0.717) is 0 Å². The predicted octanol–water partition coefficient (Wildman–Crippen LogP) is 4.03. The number of thioether (sulfide) groups is 2. The van der Waals surface area contributed by atoms with E-state index in [1.807, 2.05) is 36.0 Å². The Hall–Kier alpha value is -1.59. The van der Waals surface area contributed by atoms with E-state index in [2.05, 4.69) is 34.2 Å². The monoisotopic (exact) mass is 301 g/mol. The van der Waals surface area contributed by atoms with Gasteiger partial charge >= 0.3 is 0 Å². The van der Waals surface area contributed by atoms with Gasteiger partial charge < -0.3 is 10.7 Å². The number of imidazole rings is 1. The summed E-state index contributed by atoms with van der Waals surface area (Å²) in [6, 6.07) is 16.2. The molecule has 0 saturated carbocycles. The first-order valence-electron chi connectivity index (χ1n) is 6.37. The lowest BCUT2D eigenvalue weighted by molar-refractivity contribution is 1.08. The van der Waals surface area contributed by atoms with Crippen LogP contribution in [-0.2, 0) is 0 Å². The van der Waals surface area contributed by atoms with Crippen LogP contribution in [0, 0.1) is 0 Å². The van der Waals surface area contributed by atoms with Gasteiger partial charge in [-0.05, 0) is 30.3 Å². The van der Waals surface area contributed by atoms with Gasteiger partial charge in [-0.2, -0.15) is 0 Å². The Kier molecular flexibility index (Phi) is 4.18. The number of hydrogen-bond donors (Lipinski definition) is 2. The molecule has 0 aliphatic rings. The first-order chi connectivity index (χ1) is 9.81. The van der Waals surface area contributed by atoms with E-state index in [4.69, 9.17) is 5.73 Å². The number of anilines is 1. The number of aromatic amines is 1. The zero-order chi connectivity index (χ0) is 13.8. The highest BCUT2D eigenvalue weighted by Crippen LogP contribution is 2.23. The molecule has 3 aromatic rings. The van der Waals surface area contributed by atoms with Gasteiger partial charge in [0.1, 0.15) is 0 Å². The number of benzene rings is 2. The van der Waals surface area contributed by atoms with Crippen LogP contribution in [-0.4, -0.2) is 21.5 Å². The van der Waals surface area contributed by atoms with Crippen LogP contribution in [0.5, 0.6) is 0 Å². The summed E-state index contributed by atoms with van der Waals surface area (Å²) in [5.74, 6) is 2.09. The number of nitrogens with two attached hydrogens (primary N) is 1. The minimum Gasteiger partial charge on any atom is -0.399 e. The second kappa shape index (κ2) is 6.24. The van der Waals surface area contributed by atoms with E-state index in [9.17, 15) is 0 Å². The number of nitrogens with one attached hydrogen (secondary N) is 1. The molecule has 3 nitrogen and oxygen atoms in total. The molecule has 0 amide bonds. The molecule has 102 valence electrons. The van der Waals surface area contributed by atoms with Crippen molar-refractivity contribution in [3.63, 3.8) is 0 Å². The third kappa shape index (κ3) is 3.29. The van der Waals surface area contributed by atoms with Gasteiger partial charge in [-0.3, -0.25) is 0 Å². The molecule has 3 N–H and O–H groups in total. The largest absolute Gasteiger partial charge is 0.399 e. The summed E-state index contributed by atoms with van der Waals surface area (Å²) >= 11 is 3.61. The molecule has 0 aliphatic carbocycles. The smallest absolute Gasteiger partial charge is 0.166 e. The standard InChI is InChI=1S/C15H15N3S2/c16-11-6-7-13-14(10-11)18-15(17-13)20-9-8-19-12-4-2-1-3-5-12/h1-7,10H,8-9,16H2,(H,17,18). The Labute approximate surface area is 126 Å². The fourth-order valence-electron chi connectivity index (χ4n) is 1.89. The molecular formula is C15H15N3S2. The average Bonchev–Trinajstić information content (AvgIpc) is 2.86. The molecular weight excluding hydrogens is 286 g/mol. The Morgan fingerprint density at radius 1 is 1.00 bits per heavy atom. The summed E-state index contributed by atoms with van der Waals surface area (Å²) in [4.78, 5) is 9.15. The number of H-pyrrole nitrogens is 1. The number of nitrogens with zero attached hydrogens (tertiary/aromatic N) is 1. The fraction of sp³-hybridized carbons (Fsp3) is 0.133. The van der Waals surface area contributed by atoms with Crippen molar-refractivity contribution in [1.29, 1.82) is 0 Å². The molecule has 0 atom stereocenters. The van der Waals surface area contributed by atoms with E-state index in [1.54, 1.807) is 11.8 Å². The van der Waals surface area contributed by atoms with Gasteiger partial charge in [-0.25, -0.2) is 4.98 Å². The third-order valence-electron chi connectivity index (χ3n) is 2.82. The quantitative estimate of drug-likeness (QED) is 0.424.